The van der Waals surface area contributed by atoms with E-state index >= 15 is 0 Å². The number of amidine groups is 1. The van der Waals surface area contributed by atoms with Crippen molar-refractivity contribution >= 4 is 5.84 Å². The highest BCUT2D eigenvalue weighted by Gasteiger charge is 2.06. The lowest BCUT2D eigenvalue weighted by Gasteiger charge is -2.09. The predicted molar refractivity (Wildman–Crippen MR) is 52.9 cm³/mol. The van der Waals surface area contributed by atoms with E-state index in [0.717, 1.165) is 13.0 Å². The molecule has 0 fully saturated rings. The van der Waals surface area contributed by atoms with Crippen molar-refractivity contribution in [2.24, 2.45) is 16.8 Å². The van der Waals surface area contributed by atoms with E-state index in [4.69, 9.17) is 15.7 Å². The van der Waals surface area contributed by atoms with Gasteiger partial charge in [-0.25, -0.2) is 0 Å². The molecule has 3 N–H and O–H groups in total. The lowest BCUT2D eigenvalue weighted by Crippen LogP contribution is -2.25. The molecule has 78 valence electrons. The zero-order valence-electron chi connectivity index (χ0n) is 8.49. The van der Waals surface area contributed by atoms with Crippen molar-refractivity contribution in [3.63, 3.8) is 0 Å². The molecule has 0 aliphatic heterocycles. The fourth-order valence-electron chi connectivity index (χ4n) is 0.898. The molecular formula is C9H20N2O2. The second-order valence-corrected chi connectivity index (χ2v) is 3.21. The summed E-state index contributed by atoms with van der Waals surface area (Å²) in [5.41, 5.74) is 5.38. The first-order chi connectivity index (χ1) is 6.22. The number of nitrogens with two attached hydrogens (primary N) is 1. The predicted octanol–water partition coefficient (Wildman–Crippen LogP) is 1.58. The molecule has 4 nitrogen and oxygen atoms in total. The minimum Gasteiger partial charge on any atom is -0.409 e. The Morgan fingerprint density at radius 2 is 2.23 bits per heavy atom. The summed E-state index contributed by atoms with van der Waals surface area (Å²) in [6.45, 7) is 5.31. The van der Waals surface area contributed by atoms with Crippen molar-refractivity contribution in [1.29, 1.82) is 0 Å². The van der Waals surface area contributed by atoms with Crippen LogP contribution in [-0.2, 0) is 4.74 Å². The Morgan fingerprint density at radius 1 is 1.54 bits per heavy atom. The maximum absolute atomic E-state index is 8.35. The zero-order chi connectivity index (χ0) is 10.1. The van der Waals surface area contributed by atoms with Crippen molar-refractivity contribution in [2.45, 2.75) is 33.1 Å². The highest BCUT2D eigenvalue weighted by Crippen LogP contribution is 1.99. The van der Waals surface area contributed by atoms with Gasteiger partial charge in [-0.15, -0.1) is 0 Å². The normalized spacial score (nSPS) is 14.5. The summed E-state index contributed by atoms with van der Waals surface area (Å²) in [4.78, 5) is 0. The van der Waals surface area contributed by atoms with Gasteiger partial charge in [0, 0.05) is 12.5 Å². The molecule has 4 heteroatoms. The van der Waals surface area contributed by atoms with E-state index in [9.17, 15) is 0 Å². The molecule has 0 saturated heterocycles. The van der Waals surface area contributed by atoms with Crippen molar-refractivity contribution in [1.82, 2.24) is 0 Å². The van der Waals surface area contributed by atoms with Crippen LogP contribution in [0.3, 0.4) is 0 Å². The van der Waals surface area contributed by atoms with Gasteiger partial charge in [-0.3, -0.25) is 0 Å². The van der Waals surface area contributed by atoms with Crippen LogP contribution in [0.4, 0.5) is 0 Å². The maximum Gasteiger partial charge on any atom is 0.144 e. The number of ether oxygens (including phenoxy) is 1. The van der Waals surface area contributed by atoms with Gasteiger partial charge in [0.15, 0.2) is 0 Å². The Kier molecular flexibility index (Phi) is 7.39. The molecule has 0 heterocycles. The first-order valence-corrected chi connectivity index (χ1v) is 4.77. The van der Waals surface area contributed by atoms with Crippen LogP contribution in [0.1, 0.15) is 33.1 Å². The highest BCUT2D eigenvalue weighted by atomic mass is 16.5. The standard InChI is InChI=1S/C9H20N2O2/c1-3-4-5-6-13-7-8(2)9(10)11-12/h8,12H,3-7H2,1-2H3,(H2,10,11). The molecule has 0 aromatic heterocycles. The van der Waals surface area contributed by atoms with E-state index in [1.54, 1.807) is 0 Å². The third kappa shape index (κ3) is 6.40. The third-order valence-electron chi connectivity index (χ3n) is 1.88. The quantitative estimate of drug-likeness (QED) is 0.209. The molecule has 0 aromatic rings. The molecule has 0 amide bonds. The fraction of sp³-hybridized carbons (Fsp3) is 0.889. The second kappa shape index (κ2) is 7.86. The van der Waals surface area contributed by atoms with E-state index < -0.39 is 0 Å². The topological polar surface area (TPSA) is 67.8 Å². The molecular weight excluding hydrogens is 168 g/mol. The number of oxime groups is 1. The number of unbranched alkanes of at least 4 members (excludes halogenated alkanes) is 2. The van der Waals surface area contributed by atoms with Crippen LogP contribution in [0.15, 0.2) is 5.16 Å². The summed E-state index contributed by atoms with van der Waals surface area (Å²) in [5, 5.41) is 11.3. The van der Waals surface area contributed by atoms with E-state index in [0.29, 0.717) is 6.61 Å². The minimum absolute atomic E-state index is 0.00775. The van der Waals surface area contributed by atoms with Crippen molar-refractivity contribution in [2.75, 3.05) is 13.2 Å². The molecule has 0 spiro atoms. The van der Waals surface area contributed by atoms with Gasteiger partial charge in [-0.05, 0) is 6.42 Å². The molecule has 0 aliphatic rings. The van der Waals surface area contributed by atoms with E-state index in [-0.39, 0.29) is 11.8 Å². The SMILES string of the molecule is CCCCCOCC(C)/C(N)=N/O. The van der Waals surface area contributed by atoms with Gasteiger partial charge in [0.05, 0.1) is 6.61 Å². The largest absolute Gasteiger partial charge is 0.409 e. The second-order valence-electron chi connectivity index (χ2n) is 3.21. The molecule has 0 radical (unpaired) electrons. The van der Waals surface area contributed by atoms with Gasteiger partial charge in [0.2, 0.25) is 0 Å². The molecule has 0 aromatic carbocycles. The van der Waals surface area contributed by atoms with Crippen molar-refractivity contribution in [3.05, 3.63) is 0 Å². The average Bonchev–Trinajstić information content (AvgIpc) is 2.16. The molecule has 0 rings (SSSR count). The summed E-state index contributed by atoms with van der Waals surface area (Å²) in [6.07, 6.45) is 3.47. The smallest absolute Gasteiger partial charge is 0.144 e. The first-order valence-electron chi connectivity index (χ1n) is 4.77. The van der Waals surface area contributed by atoms with Crippen molar-refractivity contribution in [3.8, 4) is 0 Å². The maximum atomic E-state index is 8.35. The fourth-order valence-corrected chi connectivity index (χ4v) is 0.898. The molecule has 0 bridgehead atoms. The monoisotopic (exact) mass is 188 g/mol. The summed E-state index contributed by atoms with van der Waals surface area (Å²) >= 11 is 0. The Morgan fingerprint density at radius 3 is 2.77 bits per heavy atom. The number of rotatable bonds is 7. The van der Waals surface area contributed by atoms with Gasteiger partial charge >= 0.3 is 0 Å². The summed E-state index contributed by atoms with van der Waals surface area (Å²) in [5.74, 6) is 0.224. The van der Waals surface area contributed by atoms with Crippen LogP contribution in [0, 0.1) is 5.92 Å². The van der Waals surface area contributed by atoms with Gasteiger partial charge in [0.25, 0.3) is 0 Å². The average molecular weight is 188 g/mol. The summed E-state index contributed by atoms with van der Waals surface area (Å²) < 4.78 is 5.35. The molecule has 0 saturated carbocycles. The Labute approximate surface area is 79.8 Å². The zero-order valence-corrected chi connectivity index (χ0v) is 8.49. The lowest BCUT2D eigenvalue weighted by atomic mass is 10.2. The van der Waals surface area contributed by atoms with Crippen LogP contribution >= 0.6 is 0 Å². The van der Waals surface area contributed by atoms with Crippen LogP contribution in [0.2, 0.25) is 0 Å². The third-order valence-corrected chi connectivity index (χ3v) is 1.88. The minimum atomic E-state index is -0.00775. The van der Waals surface area contributed by atoms with Gasteiger partial charge in [-0.1, -0.05) is 31.8 Å². The molecule has 13 heavy (non-hydrogen) atoms. The van der Waals surface area contributed by atoms with Crippen molar-refractivity contribution < 1.29 is 9.94 Å². The number of nitrogens with zero attached hydrogens (tertiary/aromatic N) is 1. The lowest BCUT2D eigenvalue weighted by molar-refractivity contribution is 0.116. The van der Waals surface area contributed by atoms with Gasteiger partial charge < -0.3 is 15.7 Å². The molecule has 0 aliphatic carbocycles. The van der Waals surface area contributed by atoms with E-state index in [1.165, 1.54) is 12.8 Å². The summed E-state index contributed by atoms with van der Waals surface area (Å²) in [6, 6.07) is 0. The Bertz CT molecular complexity index is 149. The molecule has 1 atom stereocenters. The molecule has 1 unspecified atom stereocenters. The Balaban J connectivity index is 3.32. The van der Waals surface area contributed by atoms with Gasteiger partial charge in [0.1, 0.15) is 5.84 Å². The van der Waals surface area contributed by atoms with Crippen LogP contribution in [0.25, 0.3) is 0 Å². The highest BCUT2D eigenvalue weighted by molar-refractivity contribution is 5.81. The van der Waals surface area contributed by atoms with Crippen LogP contribution in [-0.4, -0.2) is 24.3 Å². The van der Waals surface area contributed by atoms with E-state index in [1.807, 2.05) is 6.92 Å². The summed E-state index contributed by atoms with van der Waals surface area (Å²) in [7, 11) is 0. The first kappa shape index (κ1) is 12.2. The van der Waals surface area contributed by atoms with Crippen LogP contribution in [0.5, 0.6) is 0 Å². The Hall–Kier alpha value is -0.770. The number of hydrogen-bond acceptors (Lipinski definition) is 3. The van der Waals surface area contributed by atoms with Crippen LogP contribution < -0.4 is 5.73 Å². The number of hydrogen-bond donors (Lipinski definition) is 2. The van der Waals surface area contributed by atoms with E-state index in [2.05, 4.69) is 12.1 Å². The van der Waals surface area contributed by atoms with Gasteiger partial charge in [-0.2, -0.15) is 0 Å².